The fourth-order valence-electron chi connectivity index (χ4n) is 2.06. The van der Waals surface area contributed by atoms with E-state index in [1.165, 1.54) is 24.1 Å². The van der Waals surface area contributed by atoms with Gasteiger partial charge in [-0.3, -0.25) is 0 Å². The van der Waals surface area contributed by atoms with Crippen LogP contribution in [0.25, 0.3) is 0 Å². The summed E-state index contributed by atoms with van der Waals surface area (Å²) in [6, 6.07) is 7.34. The fourth-order valence-corrected chi connectivity index (χ4v) is 2.47. The third-order valence-corrected chi connectivity index (χ3v) is 3.82. The number of nitrogens with one attached hydrogen (secondary N) is 1. The van der Waals surface area contributed by atoms with E-state index in [0.29, 0.717) is 0 Å². The van der Waals surface area contributed by atoms with Gasteiger partial charge < -0.3 is 10.2 Å². The molecule has 1 saturated carbocycles. The van der Waals surface area contributed by atoms with Gasteiger partial charge in [0.15, 0.2) is 0 Å². The van der Waals surface area contributed by atoms with Crippen LogP contribution in [0.4, 0.5) is 5.69 Å². The van der Waals surface area contributed by atoms with Crippen molar-refractivity contribution in [2.75, 3.05) is 11.9 Å². The summed E-state index contributed by atoms with van der Waals surface area (Å²) >= 11 is 3.57. The van der Waals surface area contributed by atoms with Crippen molar-refractivity contribution in [2.24, 2.45) is 0 Å². The van der Waals surface area contributed by atoms with Gasteiger partial charge in [0.2, 0.25) is 0 Å². The van der Waals surface area contributed by atoms with Gasteiger partial charge in [-0.1, -0.05) is 15.9 Å². The van der Waals surface area contributed by atoms with Crippen molar-refractivity contribution in [2.45, 2.75) is 51.7 Å². The molecule has 1 aromatic carbocycles. The highest BCUT2D eigenvalue weighted by molar-refractivity contribution is 9.10. The lowest BCUT2D eigenvalue weighted by atomic mass is 10.1. The predicted octanol–water partition coefficient (Wildman–Crippen LogP) is 3.94. The minimum absolute atomic E-state index is 0.151. The number of hydrogen-bond acceptors (Lipinski definition) is 2. The SMILES string of the molecule is CN(c1ccc(Br)cc1CNC(C)(C)C)C1CC1. The van der Waals surface area contributed by atoms with Gasteiger partial charge in [0, 0.05) is 35.3 Å². The van der Waals surface area contributed by atoms with Crippen LogP contribution in [0.2, 0.25) is 0 Å². The Kier molecular flexibility index (Phi) is 4.02. The van der Waals surface area contributed by atoms with Crippen LogP contribution >= 0.6 is 15.9 Å². The highest BCUT2D eigenvalue weighted by Crippen LogP contribution is 2.33. The van der Waals surface area contributed by atoms with Crippen LogP contribution in [-0.2, 0) is 6.54 Å². The maximum Gasteiger partial charge on any atom is 0.0412 e. The zero-order valence-corrected chi connectivity index (χ0v) is 13.3. The minimum atomic E-state index is 0.151. The molecule has 0 unspecified atom stereocenters. The lowest BCUT2D eigenvalue weighted by Crippen LogP contribution is -2.35. The van der Waals surface area contributed by atoms with Crippen LogP contribution in [0.15, 0.2) is 22.7 Å². The first-order valence-electron chi connectivity index (χ1n) is 6.63. The molecule has 2 nitrogen and oxygen atoms in total. The van der Waals surface area contributed by atoms with E-state index in [9.17, 15) is 0 Å². The molecule has 0 aliphatic heterocycles. The standard InChI is InChI=1S/C15H23BrN2/c1-15(2,3)17-10-11-9-12(16)5-8-14(11)18(4)13-6-7-13/h5,8-9,13,17H,6-7,10H2,1-4H3. The molecule has 100 valence electrons. The van der Waals surface area contributed by atoms with Crippen molar-refractivity contribution in [3.8, 4) is 0 Å². The third-order valence-electron chi connectivity index (χ3n) is 3.33. The summed E-state index contributed by atoms with van der Waals surface area (Å²) in [6.07, 6.45) is 2.66. The summed E-state index contributed by atoms with van der Waals surface area (Å²) < 4.78 is 1.15. The van der Waals surface area contributed by atoms with Gasteiger partial charge in [0.05, 0.1) is 0 Å². The Morgan fingerprint density at radius 3 is 2.56 bits per heavy atom. The van der Waals surface area contributed by atoms with Crippen LogP contribution in [-0.4, -0.2) is 18.6 Å². The molecule has 1 fully saturated rings. The lowest BCUT2D eigenvalue weighted by molar-refractivity contribution is 0.424. The van der Waals surface area contributed by atoms with Gasteiger partial charge in [-0.2, -0.15) is 0 Å². The first-order valence-corrected chi connectivity index (χ1v) is 7.42. The smallest absolute Gasteiger partial charge is 0.0412 e. The van der Waals surface area contributed by atoms with Crippen LogP contribution in [0.3, 0.4) is 0 Å². The van der Waals surface area contributed by atoms with Gasteiger partial charge in [-0.05, 0) is 57.4 Å². The van der Waals surface area contributed by atoms with Crippen LogP contribution < -0.4 is 10.2 Å². The first kappa shape index (κ1) is 13.9. The summed E-state index contributed by atoms with van der Waals surface area (Å²) in [5.74, 6) is 0. The molecule has 0 amide bonds. The van der Waals surface area contributed by atoms with Crippen molar-refractivity contribution in [3.63, 3.8) is 0 Å². The summed E-state index contributed by atoms with van der Waals surface area (Å²) in [5, 5.41) is 3.57. The van der Waals surface area contributed by atoms with E-state index in [2.05, 4.69) is 72.2 Å². The van der Waals surface area contributed by atoms with E-state index in [4.69, 9.17) is 0 Å². The number of hydrogen-bond donors (Lipinski definition) is 1. The Bertz CT molecular complexity index is 419. The van der Waals surface area contributed by atoms with Gasteiger partial charge in [-0.15, -0.1) is 0 Å². The van der Waals surface area contributed by atoms with Crippen molar-refractivity contribution in [3.05, 3.63) is 28.2 Å². The molecule has 2 rings (SSSR count). The Morgan fingerprint density at radius 1 is 1.33 bits per heavy atom. The van der Waals surface area contributed by atoms with E-state index in [1.807, 2.05) is 0 Å². The molecule has 1 N–H and O–H groups in total. The summed E-state index contributed by atoms with van der Waals surface area (Å²) in [6.45, 7) is 7.52. The fraction of sp³-hybridized carbons (Fsp3) is 0.600. The van der Waals surface area contributed by atoms with Gasteiger partial charge in [0.25, 0.3) is 0 Å². The zero-order chi connectivity index (χ0) is 13.3. The Hall–Kier alpha value is -0.540. The number of halogens is 1. The summed E-state index contributed by atoms with van der Waals surface area (Å²) in [4.78, 5) is 2.42. The maximum absolute atomic E-state index is 3.57. The molecule has 0 bridgehead atoms. The quantitative estimate of drug-likeness (QED) is 0.906. The molecule has 1 aliphatic carbocycles. The molecule has 18 heavy (non-hydrogen) atoms. The molecule has 1 aliphatic rings. The molecule has 0 atom stereocenters. The second-order valence-electron chi connectivity index (χ2n) is 6.22. The third kappa shape index (κ3) is 3.72. The Morgan fingerprint density at radius 2 is 2.00 bits per heavy atom. The topological polar surface area (TPSA) is 15.3 Å². The number of nitrogens with zero attached hydrogens (tertiary/aromatic N) is 1. The molecule has 0 radical (unpaired) electrons. The van der Waals surface area contributed by atoms with Crippen molar-refractivity contribution in [1.82, 2.24) is 5.32 Å². The molecular weight excluding hydrogens is 288 g/mol. The van der Waals surface area contributed by atoms with Crippen LogP contribution in [0.1, 0.15) is 39.2 Å². The van der Waals surface area contributed by atoms with E-state index >= 15 is 0 Å². The monoisotopic (exact) mass is 310 g/mol. The molecule has 1 aromatic rings. The second kappa shape index (κ2) is 5.22. The number of rotatable bonds is 4. The lowest BCUT2D eigenvalue weighted by Gasteiger charge is -2.26. The average molecular weight is 311 g/mol. The zero-order valence-electron chi connectivity index (χ0n) is 11.8. The summed E-state index contributed by atoms with van der Waals surface area (Å²) in [7, 11) is 2.21. The molecule has 0 aromatic heterocycles. The molecular formula is C15H23BrN2. The largest absolute Gasteiger partial charge is 0.371 e. The first-order chi connectivity index (χ1) is 8.37. The Labute approximate surface area is 119 Å². The minimum Gasteiger partial charge on any atom is -0.371 e. The average Bonchev–Trinajstić information content (AvgIpc) is 3.08. The van der Waals surface area contributed by atoms with E-state index < -0.39 is 0 Å². The molecule has 3 heteroatoms. The van der Waals surface area contributed by atoms with E-state index in [1.54, 1.807) is 0 Å². The van der Waals surface area contributed by atoms with Crippen molar-refractivity contribution < 1.29 is 0 Å². The van der Waals surface area contributed by atoms with Crippen LogP contribution in [0, 0.1) is 0 Å². The molecule has 0 heterocycles. The van der Waals surface area contributed by atoms with Crippen molar-refractivity contribution in [1.29, 1.82) is 0 Å². The highest BCUT2D eigenvalue weighted by Gasteiger charge is 2.27. The van der Waals surface area contributed by atoms with Gasteiger partial charge in [0.1, 0.15) is 0 Å². The van der Waals surface area contributed by atoms with Gasteiger partial charge in [-0.25, -0.2) is 0 Å². The normalized spacial score (nSPS) is 15.8. The van der Waals surface area contributed by atoms with Crippen LogP contribution in [0.5, 0.6) is 0 Å². The molecule has 0 saturated heterocycles. The van der Waals surface area contributed by atoms with E-state index in [-0.39, 0.29) is 5.54 Å². The molecule has 0 spiro atoms. The van der Waals surface area contributed by atoms with Crippen molar-refractivity contribution >= 4 is 21.6 Å². The highest BCUT2D eigenvalue weighted by atomic mass is 79.9. The van der Waals surface area contributed by atoms with E-state index in [0.717, 1.165) is 17.1 Å². The number of anilines is 1. The maximum atomic E-state index is 3.57. The Balaban J connectivity index is 2.17. The predicted molar refractivity (Wildman–Crippen MR) is 82.2 cm³/mol. The van der Waals surface area contributed by atoms with Gasteiger partial charge >= 0.3 is 0 Å². The number of benzene rings is 1. The second-order valence-corrected chi connectivity index (χ2v) is 7.13. The summed E-state index contributed by atoms with van der Waals surface area (Å²) in [5.41, 5.74) is 2.88.